The summed E-state index contributed by atoms with van der Waals surface area (Å²) in [6, 6.07) is 5.36. The van der Waals surface area contributed by atoms with E-state index in [4.69, 9.17) is 4.42 Å². The van der Waals surface area contributed by atoms with Gasteiger partial charge in [0, 0.05) is 31.4 Å². The first-order chi connectivity index (χ1) is 12.5. The number of oxazole rings is 1. The molecule has 7 nitrogen and oxygen atoms in total. The zero-order chi connectivity index (χ0) is 18.9. The van der Waals surface area contributed by atoms with Crippen LogP contribution < -0.4 is 16.2 Å². The molecule has 0 aliphatic rings. The van der Waals surface area contributed by atoms with Crippen molar-refractivity contribution in [3.8, 4) is 0 Å². The van der Waals surface area contributed by atoms with Crippen molar-refractivity contribution in [1.82, 2.24) is 20.2 Å². The van der Waals surface area contributed by atoms with E-state index >= 15 is 0 Å². The maximum Gasteiger partial charge on any atom is 0.250 e. The standard InChI is InChI=1S/C19H29N5O2.HI/c1-5-20-19(22-13-17-23-15(3)16(4)26-17)21-11-6-7-12-24-14(2)9-8-10-18(24)25;/h8-10H,5-7,11-13H2,1-4H3,(H2,20,21,22);1H. The van der Waals surface area contributed by atoms with Gasteiger partial charge < -0.3 is 19.6 Å². The van der Waals surface area contributed by atoms with E-state index in [1.165, 1.54) is 0 Å². The lowest BCUT2D eigenvalue weighted by molar-refractivity contribution is 0.472. The number of nitrogens with zero attached hydrogens (tertiary/aromatic N) is 3. The number of hydrogen-bond acceptors (Lipinski definition) is 4. The monoisotopic (exact) mass is 487 g/mol. The molecule has 0 bridgehead atoms. The van der Waals surface area contributed by atoms with Gasteiger partial charge in [-0.3, -0.25) is 4.79 Å². The van der Waals surface area contributed by atoms with Crippen LogP contribution in [0.4, 0.5) is 0 Å². The minimum Gasteiger partial charge on any atom is -0.444 e. The molecule has 2 aromatic rings. The molecule has 0 spiro atoms. The van der Waals surface area contributed by atoms with Gasteiger partial charge in [0.15, 0.2) is 5.96 Å². The van der Waals surface area contributed by atoms with Crippen LogP contribution in [0, 0.1) is 20.8 Å². The van der Waals surface area contributed by atoms with Crippen molar-refractivity contribution in [2.24, 2.45) is 4.99 Å². The Bertz CT molecular complexity index is 778. The van der Waals surface area contributed by atoms with Gasteiger partial charge >= 0.3 is 0 Å². The summed E-state index contributed by atoms with van der Waals surface area (Å²) in [5.74, 6) is 2.20. The Morgan fingerprint density at radius 2 is 2.00 bits per heavy atom. The molecule has 150 valence electrons. The van der Waals surface area contributed by atoms with Gasteiger partial charge in [-0.1, -0.05) is 6.07 Å². The van der Waals surface area contributed by atoms with Gasteiger partial charge in [0.2, 0.25) is 5.89 Å². The lowest BCUT2D eigenvalue weighted by Crippen LogP contribution is -2.37. The number of hydrogen-bond donors (Lipinski definition) is 2. The number of guanidine groups is 1. The molecule has 2 N–H and O–H groups in total. The van der Waals surface area contributed by atoms with Gasteiger partial charge in [0.05, 0.1) is 5.69 Å². The topological polar surface area (TPSA) is 84.4 Å². The van der Waals surface area contributed by atoms with Crippen LogP contribution in [-0.4, -0.2) is 28.6 Å². The smallest absolute Gasteiger partial charge is 0.250 e. The maximum atomic E-state index is 11.8. The molecular formula is C19H30IN5O2. The fourth-order valence-electron chi connectivity index (χ4n) is 2.61. The highest BCUT2D eigenvalue weighted by atomic mass is 127. The summed E-state index contributed by atoms with van der Waals surface area (Å²) < 4.78 is 7.36. The second-order valence-electron chi connectivity index (χ2n) is 6.24. The molecule has 0 aliphatic heterocycles. The van der Waals surface area contributed by atoms with Gasteiger partial charge in [0.1, 0.15) is 12.3 Å². The highest BCUT2D eigenvalue weighted by molar-refractivity contribution is 14.0. The summed E-state index contributed by atoms with van der Waals surface area (Å²) in [7, 11) is 0. The van der Waals surface area contributed by atoms with Crippen molar-refractivity contribution in [3.05, 3.63) is 51.6 Å². The first-order valence-corrected chi connectivity index (χ1v) is 9.12. The number of unbranched alkanes of at least 4 members (excludes halogenated alkanes) is 1. The van der Waals surface area contributed by atoms with Crippen molar-refractivity contribution < 1.29 is 4.42 Å². The Balaban J connectivity index is 0.00000364. The third-order valence-electron chi connectivity index (χ3n) is 4.16. The van der Waals surface area contributed by atoms with E-state index in [1.807, 2.05) is 38.3 Å². The summed E-state index contributed by atoms with van der Waals surface area (Å²) in [5, 5.41) is 6.53. The minimum absolute atomic E-state index is 0. The van der Waals surface area contributed by atoms with E-state index in [1.54, 1.807) is 12.1 Å². The van der Waals surface area contributed by atoms with Crippen LogP contribution in [0.3, 0.4) is 0 Å². The number of halogens is 1. The molecule has 2 rings (SSSR count). The lowest BCUT2D eigenvalue weighted by atomic mass is 10.3. The van der Waals surface area contributed by atoms with Crippen LogP contribution in [0.5, 0.6) is 0 Å². The number of aryl methyl sites for hydroxylation is 3. The summed E-state index contributed by atoms with van der Waals surface area (Å²) in [4.78, 5) is 20.7. The minimum atomic E-state index is 0. The predicted octanol–water partition coefficient (Wildman–Crippen LogP) is 2.92. The molecule has 2 aromatic heterocycles. The first-order valence-electron chi connectivity index (χ1n) is 9.12. The molecule has 0 radical (unpaired) electrons. The normalized spacial score (nSPS) is 11.2. The van der Waals surface area contributed by atoms with E-state index in [0.717, 1.165) is 55.6 Å². The van der Waals surface area contributed by atoms with Gasteiger partial charge in [0.25, 0.3) is 5.56 Å². The zero-order valence-corrected chi connectivity index (χ0v) is 18.9. The van der Waals surface area contributed by atoms with Crippen LogP contribution in [0.15, 0.2) is 32.4 Å². The van der Waals surface area contributed by atoms with Crippen molar-refractivity contribution in [2.75, 3.05) is 13.1 Å². The van der Waals surface area contributed by atoms with Gasteiger partial charge in [-0.2, -0.15) is 0 Å². The summed E-state index contributed by atoms with van der Waals surface area (Å²) >= 11 is 0. The zero-order valence-electron chi connectivity index (χ0n) is 16.5. The quantitative estimate of drug-likeness (QED) is 0.259. The molecule has 0 saturated heterocycles. The Morgan fingerprint density at radius 3 is 2.63 bits per heavy atom. The summed E-state index contributed by atoms with van der Waals surface area (Å²) in [6.45, 7) is 10.5. The largest absolute Gasteiger partial charge is 0.444 e. The number of rotatable bonds is 8. The Labute approximate surface area is 177 Å². The fourth-order valence-corrected chi connectivity index (χ4v) is 2.61. The Morgan fingerprint density at radius 1 is 1.22 bits per heavy atom. The van der Waals surface area contributed by atoms with Crippen LogP contribution in [0.2, 0.25) is 0 Å². The maximum absolute atomic E-state index is 11.8. The van der Waals surface area contributed by atoms with Gasteiger partial charge in [-0.25, -0.2) is 9.98 Å². The van der Waals surface area contributed by atoms with Crippen LogP contribution in [0.1, 0.15) is 42.8 Å². The first kappa shape index (κ1) is 23.2. The van der Waals surface area contributed by atoms with Crippen LogP contribution in [0.25, 0.3) is 0 Å². The van der Waals surface area contributed by atoms with Gasteiger partial charge in [-0.05, 0) is 46.6 Å². The van der Waals surface area contributed by atoms with Crippen molar-refractivity contribution in [3.63, 3.8) is 0 Å². The average Bonchev–Trinajstić information content (AvgIpc) is 2.92. The molecule has 0 fully saturated rings. The van der Waals surface area contributed by atoms with Crippen LogP contribution >= 0.6 is 24.0 Å². The van der Waals surface area contributed by atoms with E-state index in [2.05, 4.69) is 20.6 Å². The Hall–Kier alpha value is -1.84. The number of pyridine rings is 1. The number of aliphatic imine (C=N–C) groups is 1. The lowest BCUT2D eigenvalue weighted by Gasteiger charge is -2.12. The summed E-state index contributed by atoms with van der Waals surface area (Å²) in [6.07, 6.45) is 1.87. The molecule has 0 aromatic carbocycles. The molecule has 2 heterocycles. The molecule has 0 amide bonds. The Kier molecular flexibility index (Phi) is 10.1. The van der Waals surface area contributed by atoms with E-state index < -0.39 is 0 Å². The molecule has 0 unspecified atom stereocenters. The second-order valence-corrected chi connectivity index (χ2v) is 6.24. The highest BCUT2D eigenvalue weighted by Gasteiger charge is 2.05. The molecule has 8 heteroatoms. The number of nitrogens with one attached hydrogen (secondary N) is 2. The average molecular weight is 487 g/mol. The van der Waals surface area contributed by atoms with E-state index in [0.29, 0.717) is 12.4 Å². The van der Waals surface area contributed by atoms with Crippen molar-refractivity contribution in [1.29, 1.82) is 0 Å². The van der Waals surface area contributed by atoms with E-state index in [-0.39, 0.29) is 29.5 Å². The van der Waals surface area contributed by atoms with Crippen LogP contribution in [-0.2, 0) is 13.1 Å². The van der Waals surface area contributed by atoms with E-state index in [9.17, 15) is 4.79 Å². The second kappa shape index (κ2) is 11.8. The highest BCUT2D eigenvalue weighted by Crippen LogP contribution is 2.08. The summed E-state index contributed by atoms with van der Waals surface area (Å²) in [5.41, 5.74) is 1.96. The van der Waals surface area contributed by atoms with Crippen molar-refractivity contribution >= 4 is 29.9 Å². The predicted molar refractivity (Wildman–Crippen MR) is 119 cm³/mol. The molecule has 27 heavy (non-hydrogen) atoms. The number of aromatic nitrogens is 2. The third-order valence-corrected chi connectivity index (χ3v) is 4.16. The SMILES string of the molecule is CCNC(=NCc1nc(C)c(C)o1)NCCCCn1c(C)cccc1=O.I. The molecule has 0 aliphatic carbocycles. The van der Waals surface area contributed by atoms with Crippen molar-refractivity contribution in [2.45, 2.75) is 53.6 Å². The molecular weight excluding hydrogens is 457 g/mol. The molecule has 0 atom stereocenters. The molecule has 0 saturated carbocycles. The third kappa shape index (κ3) is 7.36. The van der Waals surface area contributed by atoms with Gasteiger partial charge in [-0.15, -0.1) is 24.0 Å². The fraction of sp³-hybridized carbons (Fsp3) is 0.526.